The van der Waals surface area contributed by atoms with Gasteiger partial charge in [0.05, 0.1) is 23.4 Å². The van der Waals surface area contributed by atoms with Crippen LogP contribution in [0.3, 0.4) is 0 Å². The smallest absolute Gasteiger partial charge is 0.340 e. The Balaban J connectivity index is 3.13. The fraction of sp³-hybridized carbons (Fsp3) is 0.300. The molecule has 0 unspecified atom stereocenters. The van der Waals surface area contributed by atoms with Crippen molar-refractivity contribution in [2.24, 2.45) is 0 Å². The maximum atomic E-state index is 11.3. The number of hydrogen-bond donors (Lipinski definition) is 1. The second-order valence-electron chi connectivity index (χ2n) is 2.68. The monoisotopic (exact) mass is 213 g/mol. The lowest BCUT2D eigenvalue weighted by molar-refractivity contribution is 0.0602. The second-order valence-corrected chi connectivity index (χ2v) is 3.09. The van der Waals surface area contributed by atoms with Gasteiger partial charge in [-0.1, -0.05) is 17.7 Å². The minimum atomic E-state index is -0.386. The lowest BCUT2D eigenvalue weighted by Gasteiger charge is -2.10. The van der Waals surface area contributed by atoms with E-state index < -0.39 is 0 Å². The molecule has 0 amide bonds. The zero-order valence-electron chi connectivity index (χ0n) is 8.13. The van der Waals surface area contributed by atoms with Crippen molar-refractivity contribution in [1.29, 1.82) is 0 Å². The lowest BCUT2D eigenvalue weighted by atomic mass is 10.2. The standard InChI is InChI=1S/C10H12ClNO2/c1-3-12-9-7(10(13)14-2)5-4-6-8(9)11/h4-6,12H,3H2,1-2H3. The first-order valence-corrected chi connectivity index (χ1v) is 4.69. The van der Waals surface area contributed by atoms with E-state index in [0.717, 1.165) is 0 Å². The molecule has 1 aromatic carbocycles. The third-order valence-corrected chi connectivity index (χ3v) is 2.09. The Labute approximate surface area is 88.0 Å². The number of nitrogens with one attached hydrogen (secondary N) is 1. The van der Waals surface area contributed by atoms with Crippen molar-refractivity contribution in [3.05, 3.63) is 28.8 Å². The topological polar surface area (TPSA) is 38.3 Å². The number of carbonyl (C=O) groups excluding carboxylic acids is 1. The van der Waals surface area contributed by atoms with Crippen LogP contribution in [0.4, 0.5) is 5.69 Å². The Morgan fingerprint density at radius 2 is 2.29 bits per heavy atom. The molecule has 4 heteroatoms. The number of rotatable bonds is 3. The highest BCUT2D eigenvalue weighted by Gasteiger charge is 2.13. The van der Waals surface area contributed by atoms with Gasteiger partial charge < -0.3 is 10.1 Å². The molecule has 0 saturated heterocycles. The van der Waals surface area contributed by atoms with E-state index in [-0.39, 0.29) is 5.97 Å². The van der Waals surface area contributed by atoms with Gasteiger partial charge in [-0.25, -0.2) is 4.79 Å². The summed E-state index contributed by atoms with van der Waals surface area (Å²) in [5, 5.41) is 3.55. The molecule has 0 aliphatic carbocycles. The summed E-state index contributed by atoms with van der Waals surface area (Å²) in [5.74, 6) is -0.386. The van der Waals surface area contributed by atoms with Crippen molar-refractivity contribution in [3.63, 3.8) is 0 Å². The van der Waals surface area contributed by atoms with Crippen LogP contribution in [0.5, 0.6) is 0 Å². The maximum Gasteiger partial charge on any atom is 0.340 e. The van der Waals surface area contributed by atoms with Crippen LogP contribution in [0.25, 0.3) is 0 Å². The molecule has 1 rings (SSSR count). The van der Waals surface area contributed by atoms with Crippen LogP contribution >= 0.6 is 11.6 Å². The van der Waals surface area contributed by atoms with Crippen molar-refractivity contribution in [1.82, 2.24) is 0 Å². The first kappa shape index (κ1) is 10.9. The molecule has 0 saturated carbocycles. The van der Waals surface area contributed by atoms with E-state index in [4.69, 9.17) is 11.6 Å². The molecule has 0 heterocycles. The summed E-state index contributed by atoms with van der Waals surface area (Å²) in [4.78, 5) is 11.3. The summed E-state index contributed by atoms with van der Waals surface area (Å²) in [6, 6.07) is 5.12. The Morgan fingerprint density at radius 1 is 1.57 bits per heavy atom. The van der Waals surface area contributed by atoms with Gasteiger partial charge in [-0.15, -0.1) is 0 Å². The molecule has 3 nitrogen and oxygen atoms in total. The first-order valence-electron chi connectivity index (χ1n) is 4.31. The Kier molecular flexibility index (Phi) is 3.77. The molecule has 0 spiro atoms. The summed E-state index contributed by atoms with van der Waals surface area (Å²) in [6.45, 7) is 2.64. The van der Waals surface area contributed by atoms with E-state index in [0.29, 0.717) is 22.8 Å². The van der Waals surface area contributed by atoms with Crippen LogP contribution in [0.2, 0.25) is 5.02 Å². The highest BCUT2D eigenvalue weighted by atomic mass is 35.5. The maximum absolute atomic E-state index is 11.3. The van der Waals surface area contributed by atoms with Gasteiger partial charge >= 0.3 is 5.97 Å². The zero-order chi connectivity index (χ0) is 10.6. The molecule has 0 fully saturated rings. The first-order chi connectivity index (χ1) is 6.70. The van der Waals surface area contributed by atoms with Crippen molar-refractivity contribution >= 4 is 23.3 Å². The molecule has 0 aliphatic heterocycles. The SMILES string of the molecule is CCNc1c(Cl)cccc1C(=O)OC. The fourth-order valence-electron chi connectivity index (χ4n) is 1.16. The van der Waals surface area contributed by atoms with Crippen molar-refractivity contribution in [3.8, 4) is 0 Å². The number of carbonyl (C=O) groups is 1. The average Bonchev–Trinajstić information content (AvgIpc) is 2.20. The van der Waals surface area contributed by atoms with Crippen LogP contribution in [0.1, 0.15) is 17.3 Å². The van der Waals surface area contributed by atoms with Crippen LogP contribution in [-0.2, 0) is 4.74 Å². The predicted molar refractivity (Wildman–Crippen MR) is 57.0 cm³/mol. The molecule has 76 valence electrons. The lowest BCUT2D eigenvalue weighted by Crippen LogP contribution is -2.08. The number of benzene rings is 1. The Morgan fingerprint density at radius 3 is 2.86 bits per heavy atom. The van der Waals surface area contributed by atoms with Gasteiger partial charge in [-0.3, -0.25) is 0 Å². The molecule has 0 aliphatic rings. The van der Waals surface area contributed by atoms with Gasteiger partial charge in [-0.05, 0) is 19.1 Å². The van der Waals surface area contributed by atoms with Crippen molar-refractivity contribution in [2.75, 3.05) is 19.0 Å². The van der Waals surface area contributed by atoms with Crippen LogP contribution < -0.4 is 5.32 Å². The highest BCUT2D eigenvalue weighted by molar-refractivity contribution is 6.34. The number of halogens is 1. The summed E-state index contributed by atoms with van der Waals surface area (Å²) in [7, 11) is 1.35. The van der Waals surface area contributed by atoms with Gasteiger partial charge in [0.15, 0.2) is 0 Å². The van der Waals surface area contributed by atoms with E-state index in [1.807, 2.05) is 6.92 Å². The largest absolute Gasteiger partial charge is 0.465 e. The van der Waals surface area contributed by atoms with E-state index in [9.17, 15) is 4.79 Å². The van der Waals surface area contributed by atoms with E-state index in [1.54, 1.807) is 18.2 Å². The van der Waals surface area contributed by atoms with Gasteiger partial charge in [0.1, 0.15) is 0 Å². The van der Waals surface area contributed by atoms with E-state index >= 15 is 0 Å². The van der Waals surface area contributed by atoms with Crippen LogP contribution in [0, 0.1) is 0 Å². The number of hydrogen-bond acceptors (Lipinski definition) is 3. The summed E-state index contributed by atoms with van der Waals surface area (Å²) < 4.78 is 4.64. The Hall–Kier alpha value is -1.22. The molecule has 0 atom stereocenters. The van der Waals surface area contributed by atoms with Crippen molar-refractivity contribution < 1.29 is 9.53 Å². The summed E-state index contributed by atoms with van der Waals surface area (Å²) >= 11 is 5.94. The number of para-hydroxylation sites is 1. The summed E-state index contributed by atoms with van der Waals surface area (Å²) in [5.41, 5.74) is 1.09. The average molecular weight is 214 g/mol. The number of anilines is 1. The van der Waals surface area contributed by atoms with Gasteiger partial charge in [-0.2, -0.15) is 0 Å². The minimum absolute atomic E-state index is 0.386. The van der Waals surface area contributed by atoms with Gasteiger partial charge in [0, 0.05) is 6.54 Å². The molecule has 0 radical (unpaired) electrons. The van der Waals surface area contributed by atoms with Crippen LogP contribution in [0.15, 0.2) is 18.2 Å². The quantitative estimate of drug-likeness (QED) is 0.785. The minimum Gasteiger partial charge on any atom is -0.465 e. The van der Waals surface area contributed by atoms with Gasteiger partial charge in [0.25, 0.3) is 0 Å². The normalized spacial score (nSPS) is 9.64. The molecule has 0 aromatic heterocycles. The molecular formula is C10H12ClNO2. The highest BCUT2D eigenvalue weighted by Crippen LogP contribution is 2.26. The molecule has 1 aromatic rings. The van der Waals surface area contributed by atoms with E-state index in [1.165, 1.54) is 7.11 Å². The van der Waals surface area contributed by atoms with Gasteiger partial charge in [0.2, 0.25) is 0 Å². The predicted octanol–water partition coefficient (Wildman–Crippen LogP) is 2.56. The number of methoxy groups -OCH3 is 1. The molecule has 14 heavy (non-hydrogen) atoms. The van der Waals surface area contributed by atoms with Crippen LogP contribution in [-0.4, -0.2) is 19.6 Å². The molecular weight excluding hydrogens is 202 g/mol. The van der Waals surface area contributed by atoms with Crippen molar-refractivity contribution in [2.45, 2.75) is 6.92 Å². The molecule has 1 N–H and O–H groups in total. The third-order valence-electron chi connectivity index (χ3n) is 1.77. The zero-order valence-corrected chi connectivity index (χ0v) is 8.89. The molecule has 0 bridgehead atoms. The Bertz CT molecular complexity index is 339. The number of ether oxygens (including phenoxy) is 1. The van der Waals surface area contributed by atoms with E-state index in [2.05, 4.69) is 10.1 Å². The number of esters is 1. The fourth-order valence-corrected chi connectivity index (χ4v) is 1.40. The third kappa shape index (κ3) is 2.17. The summed E-state index contributed by atoms with van der Waals surface area (Å²) in [6.07, 6.45) is 0. The second kappa shape index (κ2) is 4.86.